The minimum Gasteiger partial charge on any atom is -0.330 e. The van der Waals surface area contributed by atoms with Crippen molar-refractivity contribution in [2.45, 2.75) is 45.8 Å². The quantitative estimate of drug-likeness (QED) is 0.856. The first-order valence-electron chi connectivity index (χ1n) is 6.21. The summed E-state index contributed by atoms with van der Waals surface area (Å²) in [6, 6.07) is 0.447. The van der Waals surface area contributed by atoms with E-state index in [9.17, 15) is 0 Å². The number of rotatable bonds is 5. The Kier molecular flexibility index (Phi) is 3.76. The average molecular weight is 248 g/mol. The third-order valence-corrected chi connectivity index (χ3v) is 2.68. The molecule has 98 valence electrons. The molecule has 0 spiro atoms. The third-order valence-electron chi connectivity index (χ3n) is 2.68. The van der Waals surface area contributed by atoms with E-state index in [0.29, 0.717) is 12.6 Å². The summed E-state index contributed by atoms with van der Waals surface area (Å²) < 4.78 is 3.94. The second-order valence-corrected chi connectivity index (χ2v) is 4.93. The standard InChI is InChI=1S/C12H20N6/c1-9(2)18-12(14-7-16-18)6-17-5-11(15-8-17)4-10(3)13/h5,7-10H,4,6,13H2,1-3H3. The highest BCUT2D eigenvalue weighted by atomic mass is 15.4. The van der Waals surface area contributed by atoms with E-state index in [4.69, 9.17) is 5.73 Å². The molecule has 0 amide bonds. The van der Waals surface area contributed by atoms with E-state index < -0.39 is 0 Å². The first-order chi connectivity index (χ1) is 8.56. The van der Waals surface area contributed by atoms with Crippen LogP contribution in [0.4, 0.5) is 0 Å². The SMILES string of the molecule is CC(N)Cc1cn(Cc2ncnn2C(C)C)cn1. The van der Waals surface area contributed by atoms with E-state index in [0.717, 1.165) is 17.9 Å². The lowest BCUT2D eigenvalue weighted by Gasteiger charge is -2.09. The zero-order valence-corrected chi connectivity index (χ0v) is 11.1. The van der Waals surface area contributed by atoms with Crippen LogP contribution in [0, 0.1) is 0 Å². The number of hydrogen-bond acceptors (Lipinski definition) is 4. The Morgan fingerprint density at radius 1 is 1.28 bits per heavy atom. The number of nitrogens with zero attached hydrogens (tertiary/aromatic N) is 5. The van der Waals surface area contributed by atoms with Crippen LogP contribution in [-0.4, -0.2) is 30.4 Å². The van der Waals surface area contributed by atoms with Crippen LogP contribution in [-0.2, 0) is 13.0 Å². The molecular formula is C12H20N6. The fourth-order valence-corrected chi connectivity index (χ4v) is 1.91. The molecule has 1 unspecified atom stereocenters. The van der Waals surface area contributed by atoms with Gasteiger partial charge in [0.05, 0.1) is 18.6 Å². The molecule has 0 fully saturated rings. The molecule has 0 aliphatic heterocycles. The summed E-state index contributed by atoms with van der Waals surface area (Å²) in [6.07, 6.45) is 6.22. The van der Waals surface area contributed by atoms with Gasteiger partial charge in [0.15, 0.2) is 0 Å². The smallest absolute Gasteiger partial charge is 0.147 e. The van der Waals surface area contributed by atoms with Gasteiger partial charge in [-0.1, -0.05) is 0 Å². The zero-order valence-electron chi connectivity index (χ0n) is 11.1. The maximum Gasteiger partial charge on any atom is 0.147 e. The van der Waals surface area contributed by atoms with Gasteiger partial charge < -0.3 is 10.3 Å². The lowest BCUT2D eigenvalue weighted by molar-refractivity contribution is 0.496. The van der Waals surface area contributed by atoms with Gasteiger partial charge in [-0.25, -0.2) is 14.6 Å². The van der Waals surface area contributed by atoms with Crippen molar-refractivity contribution in [2.24, 2.45) is 5.73 Å². The molecule has 0 aliphatic carbocycles. The highest BCUT2D eigenvalue weighted by molar-refractivity contribution is 5.01. The van der Waals surface area contributed by atoms with Gasteiger partial charge in [-0.2, -0.15) is 5.10 Å². The van der Waals surface area contributed by atoms with Gasteiger partial charge in [0.2, 0.25) is 0 Å². The van der Waals surface area contributed by atoms with Crippen LogP contribution in [0.1, 0.15) is 38.3 Å². The minimum absolute atomic E-state index is 0.132. The first-order valence-corrected chi connectivity index (χ1v) is 6.21. The van der Waals surface area contributed by atoms with Crippen molar-refractivity contribution in [2.75, 3.05) is 0 Å². The fourth-order valence-electron chi connectivity index (χ4n) is 1.91. The number of nitrogens with two attached hydrogens (primary N) is 1. The van der Waals surface area contributed by atoms with Gasteiger partial charge in [0, 0.05) is 24.7 Å². The van der Waals surface area contributed by atoms with Gasteiger partial charge >= 0.3 is 0 Å². The van der Waals surface area contributed by atoms with Crippen LogP contribution in [0.5, 0.6) is 0 Å². The van der Waals surface area contributed by atoms with E-state index in [1.54, 1.807) is 6.33 Å². The van der Waals surface area contributed by atoms with E-state index in [1.165, 1.54) is 0 Å². The van der Waals surface area contributed by atoms with E-state index in [-0.39, 0.29) is 6.04 Å². The summed E-state index contributed by atoms with van der Waals surface area (Å²) in [5.41, 5.74) is 6.77. The summed E-state index contributed by atoms with van der Waals surface area (Å²) in [6.45, 7) is 6.85. The average Bonchev–Trinajstić information content (AvgIpc) is 2.87. The van der Waals surface area contributed by atoms with Crippen molar-refractivity contribution in [3.05, 3.63) is 30.4 Å². The minimum atomic E-state index is 0.132. The van der Waals surface area contributed by atoms with Crippen molar-refractivity contribution >= 4 is 0 Å². The van der Waals surface area contributed by atoms with Gasteiger partial charge in [0.1, 0.15) is 12.2 Å². The van der Waals surface area contributed by atoms with E-state index in [2.05, 4.69) is 28.9 Å². The summed E-state index contributed by atoms with van der Waals surface area (Å²) >= 11 is 0. The molecule has 0 aliphatic rings. The summed E-state index contributed by atoms with van der Waals surface area (Å²) in [5.74, 6) is 0.940. The molecule has 2 rings (SSSR count). The third kappa shape index (κ3) is 2.95. The topological polar surface area (TPSA) is 74.6 Å². The van der Waals surface area contributed by atoms with Gasteiger partial charge in [-0.15, -0.1) is 0 Å². The number of hydrogen-bond donors (Lipinski definition) is 1. The monoisotopic (exact) mass is 248 g/mol. The van der Waals surface area contributed by atoms with Crippen LogP contribution in [0.3, 0.4) is 0 Å². The predicted octanol–water partition coefficient (Wildman–Crippen LogP) is 0.993. The van der Waals surface area contributed by atoms with Crippen LogP contribution in [0.2, 0.25) is 0 Å². The molecule has 18 heavy (non-hydrogen) atoms. The Balaban J connectivity index is 2.09. The lowest BCUT2D eigenvalue weighted by atomic mass is 10.2. The summed E-state index contributed by atoms with van der Waals surface area (Å²) in [4.78, 5) is 8.62. The molecule has 0 aromatic carbocycles. The second-order valence-electron chi connectivity index (χ2n) is 4.93. The predicted molar refractivity (Wildman–Crippen MR) is 69.1 cm³/mol. The normalized spacial score (nSPS) is 13.2. The molecule has 2 N–H and O–H groups in total. The zero-order chi connectivity index (χ0) is 13.1. The largest absolute Gasteiger partial charge is 0.330 e. The van der Waals surface area contributed by atoms with Crippen molar-refractivity contribution in [3.63, 3.8) is 0 Å². The Bertz CT molecular complexity index is 496. The molecule has 2 heterocycles. The summed E-state index contributed by atoms with van der Waals surface area (Å²) in [7, 11) is 0. The Labute approximate surface area is 107 Å². The number of aromatic nitrogens is 5. The first kappa shape index (κ1) is 12.8. The Hall–Kier alpha value is -1.69. The molecule has 2 aromatic heterocycles. The maximum atomic E-state index is 5.76. The van der Waals surface area contributed by atoms with Crippen LogP contribution < -0.4 is 5.73 Å². The van der Waals surface area contributed by atoms with Gasteiger partial charge in [-0.05, 0) is 20.8 Å². The van der Waals surface area contributed by atoms with Crippen LogP contribution >= 0.6 is 0 Å². The Morgan fingerprint density at radius 3 is 2.72 bits per heavy atom. The van der Waals surface area contributed by atoms with E-state index in [1.807, 2.05) is 28.7 Å². The molecule has 6 nitrogen and oxygen atoms in total. The van der Waals surface area contributed by atoms with E-state index >= 15 is 0 Å². The molecule has 1 atom stereocenters. The Morgan fingerprint density at radius 2 is 2.06 bits per heavy atom. The molecule has 6 heteroatoms. The molecular weight excluding hydrogens is 228 g/mol. The van der Waals surface area contributed by atoms with Crippen molar-refractivity contribution in [1.82, 2.24) is 24.3 Å². The molecule has 2 aromatic rings. The number of imidazole rings is 1. The molecule has 0 saturated heterocycles. The van der Waals surface area contributed by atoms with Gasteiger partial charge in [-0.3, -0.25) is 0 Å². The molecule has 0 radical (unpaired) electrons. The fraction of sp³-hybridized carbons (Fsp3) is 0.583. The highest BCUT2D eigenvalue weighted by Crippen LogP contribution is 2.08. The van der Waals surface area contributed by atoms with Crippen molar-refractivity contribution in [3.8, 4) is 0 Å². The summed E-state index contributed by atoms with van der Waals surface area (Å²) in [5, 5.41) is 4.22. The second kappa shape index (κ2) is 5.30. The van der Waals surface area contributed by atoms with Crippen molar-refractivity contribution in [1.29, 1.82) is 0 Å². The maximum absolute atomic E-state index is 5.76. The molecule has 0 saturated carbocycles. The molecule has 0 bridgehead atoms. The van der Waals surface area contributed by atoms with Crippen LogP contribution in [0.15, 0.2) is 18.9 Å². The lowest BCUT2D eigenvalue weighted by Crippen LogP contribution is -2.17. The highest BCUT2D eigenvalue weighted by Gasteiger charge is 2.09. The van der Waals surface area contributed by atoms with Crippen LogP contribution in [0.25, 0.3) is 0 Å². The van der Waals surface area contributed by atoms with Crippen molar-refractivity contribution < 1.29 is 0 Å². The van der Waals surface area contributed by atoms with Gasteiger partial charge in [0.25, 0.3) is 0 Å².